The van der Waals surface area contributed by atoms with Crippen molar-refractivity contribution in [1.82, 2.24) is 16.1 Å². The van der Waals surface area contributed by atoms with Crippen LogP contribution >= 0.6 is 0 Å². The lowest BCUT2D eigenvalue weighted by atomic mass is 9.48. The Morgan fingerprint density at radius 2 is 1.93 bits per heavy atom. The van der Waals surface area contributed by atoms with E-state index in [4.69, 9.17) is 0 Å². The van der Waals surface area contributed by atoms with Crippen LogP contribution in [0.3, 0.4) is 0 Å². The summed E-state index contributed by atoms with van der Waals surface area (Å²) in [5.41, 5.74) is 6.19. The molecular formula is C25H42N4O. The minimum absolute atomic E-state index is 0.194. The van der Waals surface area contributed by atoms with Gasteiger partial charge in [0.25, 0.3) is 0 Å². The molecule has 1 aliphatic heterocycles. The standard InChI is InChI=1S/C25H42N4O/c1-5-17-13-22(23(30)14-29-27-16(3)26-28-29)25(4)11-10-20-19-8-6-15(2)12-18(19)7-9-21(20)24(17)25/h15,17-22,24,28H,5-14H2,1-4H3,(H,26,27)/t15-,17+,18+,19-,20+,21+,22+,24?,25+/m0/s1. The van der Waals surface area contributed by atoms with Gasteiger partial charge in [-0.1, -0.05) is 33.6 Å². The first-order valence-electron chi connectivity index (χ1n) is 12.8. The van der Waals surface area contributed by atoms with Crippen molar-refractivity contribution in [2.24, 2.45) is 57.9 Å². The number of hydrazine groups is 2. The van der Waals surface area contributed by atoms with Crippen molar-refractivity contribution in [2.75, 3.05) is 6.54 Å². The van der Waals surface area contributed by atoms with E-state index >= 15 is 0 Å². The molecule has 1 heterocycles. The zero-order chi connectivity index (χ0) is 21.0. The summed E-state index contributed by atoms with van der Waals surface area (Å²) in [5.74, 6) is 7.62. The largest absolute Gasteiger partial charge is 0.297 e. The molecule has 0 radical (unpaired) electrons. The van der Waals surface area contributed by atoms with Gasteiger partial charge in [0, 0.05) is 5.92 Å². The van der Waals surface area contributed by atoms with Crippen LogP contribution in [0.5, 0.6) is 0 Å². The molecule has 0 aromatic heterocycles. The summed E-state index contributed by atoms with van der Waals surface area (Å²) < 4.78 is 0. The summed E-state index contributed by atoms with van der Waals surface area (Å²) in [6.07, 6.45) is 12.3. The number of carbonyl (C=O) groups excluding carboxylic acids is 1. The molecule has 0 aromatic rings. The van der Waals surface area contributed by atoms with Gasteiger partial charge in [0.2, 0.25) is 0 Å². The maximum absolute atomic E-state index is 13.5. The smallest absolute Gasteiger partial charge is 0.159 e. The molecule has 30 heavy (non-hydrogen) atoms. The van der Waals surface area contributed by atoms with Crippen LogP contribution in [0.15, 0.2) is 5.10 Å². The van der Waals surface area contributed by atoms with Crippen molar-refractivity contribution in [3.8, 4) is 0 Å². The Bertz CT molecular complexity index is 707. The minimum atomic E-state index is 0.194. The van der Waals surface area contributed by atoms with Crippen molar-refractivity contribution >= 4 is 11.6 Å². The molecule has 5 aliphatic rings. The molecule has 1 unspecified atom stereocenters. The molecule has 0 bridgehead atoms. The number of rotatable bonds is 4. The van der Waals surface area contributed by atoms with E-state index < -0.39 is 0 Å². The van der Waals surface area contributed by atoms with E-state index in [2.05, 4.69) is 36.8 Å². The lowest BCUT2D eigenvalue weighted by Crippen LogP contribution is -2.51. The van der Waals surface area contributed by atoms with Crippen LogP contribution in [0, 0.1) is 52.8 Å². The highest BCUT2D eigenvalue weighted by atomic mass is 16.1. The Labute approximate surface area is 182 Å². The zero-order valence-corrected chi connectivity index (χ0v) is 19.5. The Morgan fingerprint density at radius 3 is 2.67 bits per heavy atom. The van der Waals surface area contributed by atoms with Crippen LogP contribution in [-0.2, 0) is 4.79 Å². The number of hydrogen-bond acceptors (Lipinski definition) is 5. The SMILES string of the molecule is CC[C@@H]1C[C@H](C(=O)CN2N=C(C)NN2)[C@@]2(C)CC[C@@H]3[C@H]4CC[C@H](C)C[C@H]4CC[C@H]3C12. The van der Waals surface area contributed by atoms with E-state index in [0.29, 0.717) is 12.3 Å². The monoisotopic (exact) mass is 414 g/mol. The number of ketones is 1. The molecule has 0 saturated heterocycles. The third kappa shape index (κ3) is 3.30. The Hall–Kier alpha value is -1.10. The number of hydrazone groups is 1. The Balaban J connectivity index is 1.36. The lowest BCUT2D eigenvalue weighted by Gasteiger charge is -2.57. The van der Waals surface area contributed by atoms with Crippen LogP contribution < -0.4 is 11.0 Å². The maximum Gasteiger partial charge on any atom is 0.159 e. The summed E-state index contributed by atoms with van der Waals surface area (Å²) >= 11 is 0. The van der Waals surface area contributed by atoms with Crippen molar-refractivity contribution in [2.45, 2.75) is 85.5 Å². The summed E-state index contributed by atoms with van der Waals surface area (Å²) in [4.78, 5) is 13.5. The highest BCUT2D eigenvalue weighted by molar-refractivity contribution is 5.85. The molecule has 0 amide bonds. The van der Waals surface area contributed by atoms with Gasteiger partial charge in [-0.15, -0.1) is 10.6 Å². The predicted molar refractivity (Wildman–Crippen MR) is 120 cm³/mol. The molecule has 5 rings (SSSR count). The summed E-state index contributed by atoms with van der Waals surface area (Å²) in [6.45, 7) is 9.63. The highest BCUT2D eigenvalue weighted by Crippen LogP contribution is 2.66. The summed E-state index contributed by atoms with van der Waals surface area (Å²) in [7, 11) is 0. The topological polar surface area (TPSA) is 56.7 Å². The molecule has 4 saturated carbocycles. The number of Topliss-reactive ketones (excluding diaryl/α,β-unsaturated/α-hetero) is 1. The minimum Gasteiger partial charge on any atom is -0.297 e. The summed E-state index contributed by atoms with van der Waals surface area (Å²) in [6, 6.07) is 0. The predicted octanol–water partition coefficient (Wildman–Crippen LogP) is 4.75. The van der Waals surface area contributed by atoms with Gasteiger partial charge in [0.05, 0.1) is 0 Å². The first-order valence-corrected chi connectivity index (χ1v) is 12.8. The van der Waals surface area contributed by atoms with Gasteiger partial charge in [0.15, 0.2) is 5.78 Å². The number of carbonyl (C=O) groups is 1. The third-order valence-corrected chi connectivity index (χ3v) is 10.2. The normalized spacial score (nSPS) is 47.7. The van der Waals surface area contributed by atoms with E-state index in [1.54, 1.807) is 5.12 Å². The fourth-order valence-electron chi connectivity index (χ4n) is 9.01. The lowest BCUT2D eigenvalue weighted by molar-refractivity contribution is -0.132. The van der Waals surface area contributed by atoms with Crippen LogP contribution in [-0.4, -0.2) is 23.3 Å². The van der Waals surface area contributed by atoms with Crippen LogP contribution in [0.4, 0.5) is 0 Å². The fourth-order valence-corrected chi connectivity index (χ4v) is 9.01. The van der Waals surface area contributed by atoms with Gasteiger partial charge in [-0.25, -0.2) is 5.12 Å². The molecule has 4 fully saturated rings. The second-order valence-electron chi connectivity index (χ2n) is 11.7. The Morgan fingerprint density at radius 1 is 1.13 bits per heavy atom. The molecule has 4 aliphatic carbocycles. The van der Waals surface area contributed by atoms with Gasteiger partial charge in [-0.2, -0.15) is 0 Å². The van der Waals surface area contributed by atoms with Gasteiger partial charge >= 0.3 is 0 Å². The molecule has 0 aromatic carbocycles. The molecule has 168 valence electrons. The van der Waals surface area contributed by atoms with Crippen LogP contribution in [0.25, 0.3) is 0 Å². The van der Waals surface area contributed by atoms with Crippen LogP contribution in [0.1, 0.15) is 85.5 Å². The van der Waals surface area contributed by atoms with Gasteiger partial charge in [-0.3, -0.25) is 10.2 Å². The maximum atomic E-state index is 13.5. The van der Waals surface area contributed by atoms with E-state index in [9.17, 15) is 4.79 Å². The third-order valence-electron chi connectivity index (χ3n) is 10.2. The first kappa shape index (κ1) is 20.8. The van der Waals surface area contributed by atoms with Crippen molar-refractivity contribution in [3.05, 3.63) is 0 Å². The molecule has 2 N–H and O–H groups in total. The Kier molecular flexibility index (Phi) is 5.40. The zero-order valence-electron chi connectivity index (χ0n) is 19.5. The molecule has 9 atom stereocenters. The van der Waals surface area contributed by atoms with E-state index in [1.165, 1.54) is 51.4 Å². The number of fused-ring (bicyclic) bond motifs is 5. The van der Waals surface area contributed by atoms with E-state index in [-0.39, 0.29) is 11.3 Å². The van der Waals surface area contributed by atoms with Gasteiger partial charge in [-0.05, 0) is 98.7 Å². The number of nitrogens with zero attached hydrogens (tertiary/aromatic N) is 2. The molecule has 0 spiro atoms. The number of nitrogens with one attached hydrogen (secondary N) is 2. The average Bonchev–Trinajstić information content (AvgIpc) is 3.27. The van der Waals surface area contributed by atoms with Crippen LogP contribution in [0.2, 0.25) is 0 Å². The molecular weight excluding hydrogens is 372 g/mol. The summed E-state index contributed by atoms with van der Waals surface area (Å²) in [5, 5.41) is 6.08. The van der Waals surface area contributed by atoms with Crippen molar-refractivity contribution in [3.63, 3.8) is 0 Å². The quantitative estimate of drug-likeness (QED) is 0.697. The second-order valence-corrected chi connectivity index (χ2v) is 11.7. The first-order chi connectivity index (χ1) is 14.4. The van der Waals surface area contributed by atoms with E-state index in [1.807, 2.05) is 6.92 Å². The fraction of sp³-hybridized carbons (Fsp3) is 0.920. The number of hydrogen-bond donors (Lipinski definition) is 2. The molecule has 5 nitrogen and oxygen atoms in total. The van der Waals surface area contributed by atoms with Crippen molar-refractivity contribution in [1.29, 1.82) is 0 Å². The van der Waals surface area contributed by atoms with E-state index in [0.717, 1.165) is 53.7 Å². The average molecular weight is 415 g/mol. The second kappa shape index (κ2) is 7.79. The van der Waals surface area contributed by atoms with Gasteiger partial charge < -0.3 is 0 Å². The highest BCUT2D eigenvalue weighted by Gasteiger charge is 2.61. The van der Waals surface area contributed by atoms with Gasteiger partial charge in [0.1, 0.15) is 12.4 Å². The van der Waals surface area contributed by atoms with Crippen molar-refractivity contribution < 1.29 is 4.79 Å². The molecule has 5 heteroatoms. The number of amidine groups is 1.